The van der Waals surface area contributed by atoms with Gasteiger partial charge in [-0.25, -0.2) is 4.39 Å². The number of carbonyl (C=O) groups is 2. The molecular weight excluding hydrogens is 235 g/mol. The first-order chi connectivity index (χ1) is 8.41. The topological polar surface area (TPSA) is 58.2 Å². The third kappa shape index (κ3) is 3.84. The van der Waals surface area contributed by atoms with E-state index in [0.29, 0.717) is 0 Å². The quantitative estimate of drug-likeness (QED) is 0.860. The molecule has 0 saturated carbocycles. The molecule has 4 nitrogen and oxygen atoms in total. The van der Waals surface area contributed by atoms with Gasteiger partial charge in [-0.3, -0.25) is 9.59 Å². The highest BCUT2D eigenvalue weighted by atomic mass is 19.1. The van der Waals surface area contributed by atoms with E-state index < -0.39 is 17.8 Å². The normalized spacial score (nSPS) is 12.1. The predicted molar refractivity (Wildman–Crippen MR) is 67.5 cm³/mol. The Bertz CT molecular complexity index is 446. The van der Waals surface area contributed by atoms with Gasteiger partial charge in [0.05, 0.1) is 5.69 Å². The lowest BCUT2D eigenvalue weighted by Gasteiger charge is -2.15. The number of amides is 2. The summed E-state index contributed by atoms with van der Waals surface area (Å²) in [6.07, 6.45) is 0. The van der Waals surface area contributed by atoms with E-state index in [1.807, 2.05) is 0 Å². The monoisotopic (exact) mass is 252 g/mol. The first-order valence-electron chi connectivity index (χ1n) is 5.77. The highest BCUT2D eigenvalue weighted by Gasteiger charge is 2.18. The van der Waals surface area contributed by atoms with Crippen LogP contribution in [0.2, 0.25) is 0 Å². The van der Waals surface area contributed by atoms with Crippen LogP contribution in [0.4, 0.5) is 10.1 Å². The van der Waals surface area contributed by atoms with E-state index in [9.17, 15) is 14.0 Å². The Balaban J connectivity index is 2.61. The number of halogens is 1. The van der Waals surface area contributed by atoms with Crippen LogP contribution >= 0.6 is 0 Å². The number of anilines is 1. The molecule has 5 heteroatoms. The van der Waals surface area contributed by atoms with Crippen molar-refractivity contribution in [1.82, 2.24) is 5.32 Å². The second kappa shape index (κ2) is 6.14. The van der Waals surface area contributed by atoms with E-state index in [0.717, 1.165) is 0 Å². The predicted octanol–water partition coefficient (Wildman–Crippen LogP) is 1.92. The second-order valence-corrected chi connectivity index (χ2v) is 4.35. The van der Waals surface area contributed by atoms with Crippen molar-refractivity contribution < 1.29 is 14.0 Å². The maximum Gasteiger partial charge on any atom is 0.246 e. The number of hydrogen-bond donors (Lipinski definition) is 2. The van der Waals surface area contributed by atoms with Crippen molar-refractivity contribution in [2.24, 2.45) is 5.92 Å². The van der Waals surface area contributed by atoms with Crippen molar-refractivity contribution in [2.45, 2.75) is 26.8 Å². The van der Waals surface area contributed by atoms with Gasteiger partial charge in [-0.15, -0.1) is 0 Å². The fraction of sp³-hybridized carbons (Fsp3) is 0.385. The summed E-state index contributed by atoms with van der Waals surface area (Å²) in [5.41, 5.74) is 0.105. The van der Waals surface area contributed by atoms with Gasteiger partial charge >= 0.3 is 0 Å². The first-order valence-corrected chi connectivity index (χ1v) is 5.77. The van der Waals surface area contributed by atoms with Gasteiger partial charge in [0.1, 0.15) is 11.9 Å². The highest BCUT2D eigenvalue weighted by molar-refractivity contribution is 5.97. The van der Waals surface area contributed by atoms with Crippen LogP contribution in [0.25, 0.3) is 0 Å². The molecule has 98 valence electrons. The van der Waals surface area contributed by atoms with Gasteiger partial charge in [0, 0.05) is 5.92 Å². The number of nitrogens with one attached hydrogen (secondary N) is 2. The summed E-state index contributed by atoms with van der Waals surface area (Å²) in [5, 5.41) is 4.97. The lowest BCUT2D eigenvalue weighted by molar-refractivity contribution is -0.128. The molecule has 1 rings (SSSR count). The smallest absolute Gasteiger partial charge is 0.246 e. The summed E-state index contributed by atoms with van der Waals surface area (Å²) in [6.45, 7) is 5.02. The summed E-state index contributed by atoms with van der Waals surface area (Å²) in [5.74, 6) is -1.37. The zero-order valence-electron chi connectivity index (χ0n) is 10.7. The van der Waals surface area contributed by atoms with Crippen LogP contribution in [0.1, 0.15) is 20.8 Å². The molecule has 1 aromatic carbocycles. The fourth-order valence-corrected chi connectivity index (χ4v) is 1.25. The fourth-order valence-electron chi connectivity index (χ4n) is 1.25. The maximum atomic E-state index is 13.3. The lowest BCUT2D eigenvalue weighted by Crippen LogP contribution is -2.43. The van der Waals surface area contributed by atoms with Crippen LogP contribution in [0.5, 0.6) is 0 Å². The first kappa shape index (κ1) is 14.2. The third-order valence-corrected chi connectivity index (χ3v) is 2.41. The van der Waals surface area contributed by atoms with Crippen LogP contribution in [-0.4, -0.2) is 17.9 Å². The number of para-hydroxylation sites is 1. The van der Waals surface area contributed by atoms with Crippen LogP contribution in [0.15, 0.2) is 24.3 Å². The Kier molecular flexibility index (Phi) is 4.83. The van der Waals surface area contributed by atoms with Gasteiger partial charge in [0.2, 0.25) is 11.8 Å². The van der Waals surface area contributed by atoms with Gasteiger partial charge in [0.15, 0.2) is 0 Å². The Hall–Kier alpha value is -1.91. The van der Waals surface area contributed by atoms with Crippen LogP contribution in [0, 0.1) is 11.7 Å². The van der Waals surface area contributed by atoms with Crippen molar-refractivity contribution in [3.63, 3.8) is 0 Å². The van der Waals surface area contributed by atoms with Gasteiger partial charge in [-0.05, 0) is 19.1 Å². The molecular formula is C13H17FN2O2. The lowest BCUT2D eigenvalue weighted by atomic mass is 10.2. The average Bonchev–Trinajstić information content (AvgIpc) is 2.31. The molecule has 0 radical (unpaired) electrons. The van der Waals surface area contributed by atoms with Gasteiger partial charge in [0.25, 0.3) is 0 Å². The van der Waals surface area contributed by atoms with Gasteiger partial charge in [-0.1, -0.05) is 26.0 Å². The molecule has 1 unspecified atom stereocenters. The largest absolute Gasteiger partial charge is 0.344 e. The van der Waals surface area contributed by atoms with Crippen molar-refractivity contribution >= 4 is 17.5 Å². The zero-order valence-corrected chi connectivity index (χ0v) is 10.7. The Morgan fingerprint density at radius 2 is 1.72 bits per heavy atom. The highest BCUT2D eigenvalue weighted by Crippen LogP contribution is 2.12. The summed E-state index contributed by atoms with van der Waals surface area (Å²) in [6, 6.07) is 5.17. The van der Waals surface area contributed by atoms with E-state index in [-0.39, 0.29) is 17.5 Å². The average molecular weight is 252 g/mol. The van der Waals surface area contributed by atoms with Crippen LogP contribution in [-0.2, 0) is 9.59 Å². The van der Waals surface area contributed by atoms with E-state index in [2.05, 4.69) is 10.6 Å². The van der Waals surface area contributed by atoms with Crippen LogP contribution in [0.3, 0.4) is 0 Å². The molecule has 0 bridgehead atoms. The van der Waals surface area contributed by atoms with E-state index in [1.165, 1.54) is 18.2 Å². The Morgan fingerprint density at radius 1 is 1.11 bits per heavy atom. The van der Waals surface area contributed by atoms with Crippen molar-refractivity contribution in [2.75, 3.05) is 5.32 Å². The molecule has 1 aromatic rings. The van der Waals surface area contributed by atoms with E-state index in [4.69, 9.17) is 0 Å². The number of benzene rings is 1. The minimum Gasteiger partial charge on any atom is -0.344 e. The minimum absolute atomic E-state index is 0.105. The Morgan fingerprint density at radius 3 is 2.28 bits per heavy atom. The van der Waals surface area contributed by atoms with Crippen LogP contribution < -0.4 is 10.6 Å². The number of hydrogen-bond acceptors (Lipinski definition) is 2. The SMILES string of the molecule is CC(C)C(=O)NC(C)C(=O)Nc1ccccc1F. The third-order valence-electron chi connectivity index (χ3n) is 2.41. The second-order valence-electron chi connectivity index (χ2n) is 4.35. The molecule has 0 aliphatic carbocycles. The molecule has 2 N–H and O–H groups in total. The van der Waals surface area contributed by atoms with Crippen molar-refractivity contribution in [3.8, 4) is 0 Å². The summed E-state index contributed by atoms with van der Waals surface area (Å²) in [7, 11) is 0. The maximum absolute atomic E-state index is 13.3. The number of carbonyl (C=O) groups excluding carboxylic acids is 2. The molecule has 0 aromatic heterocycles. The number of rotatable bonds is 4. The summed E-state index contributed by atoms with van der Waals surface area (Å²) in [4.78, 5) is 23.1. The molecule has 18 heavy (non-hydrogen) atoms. The molecule has 0 heterocycles. The van der Waals surface area contributed by atoms with Gasteiger partial charge in [-0.2, -0.15) is 0 Å². The van der Waals surface area contributed by atoms with E-state index >= 15 is 0 Å². The molecule has 1 atom stereocenters. The zero-order chi connectivity index (χ0) is 13.7. The molecule has 0 spiro atoms. The molecule has 0 fully saturated rings. The molecule has 0 saturated heterocycles. The minimum atomic E-state index is -0.709. The molecule has 0 aliphatic rings. The standard InChI is InChI=1S/C13H17FN2O2/c1-8(2)12(17)15-9(3)13(18)16-11-7-5-4-6-10(11)14/h4-9H,1-3H3,(H,15,17)(H,16,18). The summed E-state index contributed by atoms with van der Waals surface area (Å²) < 4.78 is 13.3. The molecule has 0 aliphatic heterocycles. The van der Waals surface area contributed by atoms with E-state index in [1.54, 1.807) is 26.8 Å². The van der Waals surface area contributed by atoms with Crippen molar-refractivity contribution in [1.29, 1.82) is 0 Å². The summed E-state index contributed by atoms with van der Waals surface area (Å²) >= 11 is 0. The van der Waals surface area contributed by atoms with Crippen molar-refractivity contribution in [3.05, 3.63) is 30.1 Å². The Labute approximate surface area is 106 Å². The van der Waals surface area contributed by atoms with Gasteiger partial charge < -0.3 is 10.6 Å². The molecule has 2 amide bonds.